The van der Waals surface area contributed by atoms with Crippen LogP contribution in [0.3, 0.4) is 0 Å². The minimum Gasteiger partial charge on any atom is -0.393 e. The number of hydrogen-bond acceptors (Lipinski definition) is 2. The largest absolute Gasteiger partial charge is 0.393 e. The van der Waals surface area contributed by atoms with Crippen molar-refractivity contribution >= 4 is 17.2 Å². The van der Waals surface area contributed by atoms with Crippen LogP contribution in [0.1, 0.15) is 32.6 Å². The maximum atomic E-state index is 5.63. The first-order valence-corrected chi connectivity index (χ1v) is 5.66. The highest BCUT2D eigenvalue weighted by atomic mass is 32.1. The molecular formula is C10H20N2S. The van der Waals surface area contributed by atoms with Gasteiger partial charge in [-0.05, 0) is 38.9 Å². The first-order valence-electron chi connectivity index (χ1n) is 5.25. The molecule has 1 saturated heterocycles. The number of rotatable bonds is 4. The van der Waals surface area contributed by atoms with Gasteiger partial charge in [0.15, 0.2) is 0 Å². The molecule has 0 aromatic rings. The number of nitrogens with zero attached hydrogens (tertiary/aromatic N) is 1. The molecule has 2 N–H and O–H groups in total. The number of unbranched alkanes of at least 4 members (excludes halogenated alkanes) is 1. The molecule has 0 radical (unpaired) electrons. The van der Waals surface area contributed by atoms with Crippen molar-refractivity contribution in [3.8, 4) is 0 Å². The summed E-state index contributed by atoms with van der Waals surface area (Å²) in [4.78, 5) is 3.24. The van der Waals surface area contributed by atoms with E-state index in [0.29, 0.717) is 5.92 Å². The summed E-state index contributed by atoms with van der Waals surface area (Å²) in [5, 5.41) is 0. The smallest absolute Gasteiger partial charge is 0.0759 e. The number of piperidine rings is 1. The van der Waals surface area contributed by atoms with Gasteiger partial charge in [0.2, 0.25) is 0 Å². The molecule has 1 aliphatic heterocycles. The molecule has 0 bridgehead atoms. The van der Waals surface area contributed by atoms with Crippen LogP contribution in [0.4, 0.5) is 0 Å². The average Bonchev–Trinajstić information content (AvgIpc) is 2.15. The van der Waals surface area contributed by atoms with Gasteiger partial charge in [0.05, 0.1) is 4.99 Å². The zero-order valence-corrected chi connectivity index (χ0v) is 9.28. The number of nitrogens with two attached hydrogens (primary N) is 1. The summed E-state index contributed by atoms with van der Waals surface area (Å²) < 4.78 is 0. The number of hydrogen-bond donors (Lipinski definition) is 1. The molecule has 13 heavy (non-hydrogen) atoms. The molecule has 0 atom stereocenters. The Bertz CT molecular complexity index is 162. The van der Waals surface area contributed by atoms with Crippen molar-refractivity contribution < 1.29 is 0 Å². The van der Waals surface area contributed by atoms with Crippen molar-refractivity contribution in [3.05, 3.63) is 0 Å². The average molecular weight is 200 g/mol. The van der Waals surface area contributed by atoms with E-state index in [1.807, 2.05) is 0 Å². The second-order valence-corrected chi connectivity index (χ2v) is 4.34. The summed E-state index contributed by atoms with van der Waals surface area (Å²) in [6, 6.07) is 0. The Kier molecular flexibility index (Phi) is 4.67. The van der Waals surface area contributed by atoms with Gasteiger partial charge in [0, 0.05) is 5.92 Å². The molecule has 1 heterocycles. The van der Waals surface area contributed by atoms with Gasteiger partial charge in [0.25, 0.3) is 0 Å². The standard InChI is InChI=1S/C10H20N2S/c1-2-3-6-12-7-4-9(5-8-12)10(11)13/h9H,2-8H2,1H3,(H2,11,13). The van der Waals surface area contributed by atoms with Crippen LogP contribution in [0, 0.1) is 5.92 Å². The van der Waals surface area contributed by atoms with E-state index in [2.05, 4.69) is 11.8 Å². The van der Waals surface area contributed by atoms with E-state index in [9.17, 15) is 0 Å². The third-order valence-electron chi connectivity index (χ3n) is 2.82. The molecule has 0 aliphatic carbocycles. The van der Waals surface area contributed by atoms with E-state index >= 15 is 0 Å². The van der Waals surface area contributed by atoms with Crippen molar-refractivity contribution in [1.82, 2.24) is 4.90 Å². The molecule has 0 aromatic carbocycles. The Morgan fingerprint density at radius 1 is 1.46 bits per heavy atom. The van der Waals surface area contributed by atoms with Crippen molar-refractivity contribution in [1.29, 1.82) is 0 Å². The molecule has 0 unspecified atom stereocenters. The molecule has 76 valence electrons. The third-order valence-corrected chi connectivity index (χ3v) is 3.15. The van der Waals surface area contributed by atoms with Crippen LogP contribution in [-0.2, 0) is 0 Å². The van der Waals surface area contributed by atoms with Crippen LogP contribution >= 0.6 is 12.2 Å². The van der Waals surface area contributed by atoms with Gasteiger partial charge in [0.1, 0.15) is 0 Å². The van der Waals surface area contributed by atoms with Crippen molar-refractivity contribution in [2.75, 3.05) is 19.6 Å². The van der Waals surface area contributed by atoms with Crippen LogP contribution in [0.5, 0.6) is 0 Å². The SMILES string of the molecule is CCCCN1CCC(C(N)=S)CC1. The highest BCUT2D eigenvalue weighted by Gasteiger charge is 2.19. The van der Waals surface area contributed by atoms with E-state index in [4.69, 9.17) is 18.0 Å². The molecule has 1 fully saturated rings. The minimum atomic E-state index is 0.507. The zero-order chi connectivity index (χ0) is 9.68. The third kappa shape index (κ3) is 3.61. The lowest BCUT2D eigenvalue weighted by Gasteiger charge is -2.31. The molecule has 0 spiro atoms. The van der Waals surface area contributed by atoms with Crippen molar-refractivity contribution in [2.24, 2.45) is 11.7 Å². The van der Waals surface area contributed by atoms with Gasteiger partial charge < -0.3 is 10.6 Å². The minimum absolute atomic E-state index is 0.507. The quantitative estimate of drug-likeness (QED) is 0.702. The van der Waals surface area contributed by atoms with Gasteiger partial charge in [-0.2, -0.15) is 0 Å². The Hall–Kier alpha value is -0.150. The Morgan fingerprint density at radius 3 is 2.54 bits per heavy atom. The highest BCUT2D eigenvalue weighted by molar-refractivity contribution is 7.80. The predicted octanol–water partition coefficient (Wildman–Crippen LogP) is 1.78. The first-order chi connectivity index (χ1) is 6.24. The van der Waals surface area contributed by atoms with Crippen LogP contribution in [-0.4, -0.2) is 29.5 Å². The summed E-state index contributed by atoms with van der Waals surface area (Å²) >= 11 is 5.00. The summed E-state index contributed by atoms with van der Waals surface area (Å²) in [6.07, 6.45) is 4.94. The van der Waals surface area contributed by atoms with Gasteiger partial charge in [-0.1, -0.05) is 25.6 Å². The Balaban J connectivity index is 2.18. The Morgan fingerprint density at radius 2 is 2.08 bits per heavy atom. The molecule has 0 saturated carbocycles. The molecule has 1 rings (SSSR count). The fraction of sp³-hybridized carbons (Fsp3) is 0.900. The van der Waals surface area contributed by atoms with Gasteiger partial charge >= 0.3 is 0 Å². The molecular weight excluding hydrogens is 180 g/mol. The summed E-state index contributed by atoms with van der Waals surface area (Å²) in [5.41, 5.74) is 5.63. The Labute approximate surface area is 86.5 Å². The molecule has 1 aliphatic rings. The molecule has 0 amide bonds. The lowest BCUT2D eigenvalue weighted by molar-refractivity contribution is 0.207. The topological polar surface area (TPSA) is 29.3 Å². The number of likely N-dealkylation sites (tertiary alicyclic amines) is 1. The summed E-state index contributed by atoms with van der Waals surface area (Å²) in [5.74, 6) is 0.507. The van der Waals surface area contributed by atoms with Crippen molar-refractivity contribution in [3.63, 3.8) is 0 Å². The second-order valence-electron chi connectivity index (χ2n) is 3.87. The normalized spacial score (nSPS) is 20.4. The van der Waals surface area contributed by atoms with Crippen LogP contribution < -0.4 is 5.73 Å². The van der Waals surface area contributed by atoms with Crippen LogP contribution in [0.15, 0.2) is 0 Å². The predicted molar refractivity (Wildman–Crippen MR) is 60.9 cm³/mol. The second kappa shape index (κ2) is 5.55. The maximum Gasteiger partial charge on any atom is 0.0759 e. The first kappa shape index (κ1) is 10.9. The molecule has 0 aromatic heterocycles. The van der Waals surface area contributed by atoms with Crippen LogP contribution in [0.25, 0.3) is 0 Å². The van der Waals surface area contributed by atoms with E-state index in [1.165, 1.54) is 45.3 Å². The fourth-order valence-electron chi connectivity index (χ4n) is 1.82. The van der Waals surface area contributed by atoms with Gasteiger partial charge in [-0.15, -0.1) is 0 Å². The monoisotopic (exact) mass is 200 g/mol. The lowest BCUT2D eigenvalue weighted by Crippen LogP contribution is -2.38. The van der Waals surface area contributed by atoms with E-state index in [1.54, 1.807) is 0 Å². The molecule has 2 nitrogen and oxygen atoms in total. The zero-order valence-electron chi connectivity index (χ0n) is 8.46. The fourth-order valence-corrected chi connectivity index (χ4v) is 2.06. The van der Waals surface area contributed by atoms with Gasteiger partial charge in [-0.25, -0.2) is 0 Å². The van der Waals surface area contributed by atoms with Crippen LogP contribution in [0.2, 0.25) is 0 Å². The number of thiocarbonyl (C=S) groups is 1. The van der Waals surface area contributed by atoms with Crippen molar-refractivity contribution in [2.45, 2.75) is 32.6 Å². The summed E-state index contributed by atoms with van der Waals surface area (Å²) in [6.45, 7) is 5.85. The van der Waals surface area contributed by atoms with Gasteiger partial charge in [-0.3, -0.25) is 0 Å². The highest BCUT2D eigenvalue weighted by Crippen LogP contribution is 2.17. The maximum absolute atomic E-state index is 5.63. The van der Waals surface area contributed by atoms with E-state index in [0.717, 1.165) is 4.99 Å². The lowest BCUT2D eigenvalue weighted by atomic mass is 9.97. The van der Waals surface area contributed by atoms with E-state index < -0.39 is 0 Å². The van der Waals surface area contributed by atoms with E-state index in [-0.39, 0.29) is 0 Å². The summed E-state index contributed by atoms with van der Waals surface area (Å²) in [7, 11) is 0. The molecule has 3 heteroatoms.